The van der Waals surface area contributed by atoms with E-state index in [4.69, 9.17) is 5.11 Å². The maximum absolute atomic E-state index is 9.08. The minimum atomic E-state index is -0.0311. The third-order valence-corrected chi connectivity index (χ3v) is 3.16. The third-order valence-electron chi connectivity index (χ3n) is 2.66. The number of benzene rings is 1. The Labute approximate surface area is 100 Å². The molecule has 2 aromatic heterocycles. The molecule has 16 heavy (non-hydrogen) atoms. The Hall–Kier alpha value is -1.39. The molecule has 0 bridgehead atoms. The van der Waals surface area contributed by atoms with E-state index in [1.54, 1.807) is 6.20 Å². The number of aromatic amines is 1. The molecule has 1 aromatic carbocycles. The number of nitrogens with zero attached hydrogens (tertiary/aromatic N) is 1. The van der Waals surface area contributed by atoms with Gasteiger partial charge >= 0.3 is 0 Å². The summed E-state index contributed by atoms with van der Waals surface area (Å²) in [5.41, 5.74) is 2.76. The monoisotopic (exact) mass is 276 g/mol. The van der Waals surface area contributed by atoms with Crippen LogP contribution in [0.25, 0.3) is 21.8 Å². The normalized spacial score (nSPS) is 11.4. The van der Waals surface area contributed by atoms with Crippen molar-refractivity contribution in [1.82, 2.24) is 9.97 Å². The molecule has 0 atom stereocenters. The summed E-state index contributed by atoms with van der Waals surface area (Å²) in [6.07, 6.45) is 1.76. The van der Waals surface area contributed by atoms with E-state index in [9.17, 15) is 0 Å². The van der Waals surface area contributed by atoms with Crippen LogP contribution in [0.4, 0.5) is 0 Å². The number of rotatable bonds is 1. The smallest absolute Gasteiger partial charge is 0.0853 e. The number of aliphatic hydroxyl groups is 1. The molecule has 0 amide bonds. The van der Waals surface area contributed by atoms with Crippen molar-refractivity contribution in [3.8, 4) is 0 Å². The molecule has 0 aliphatic heterocycles. The summed E-state index contributed by atoms with van der Waals surface area (Å²) in [6, 6.07) is 8.01. The van der Waals surface area contributed by atoms with Crippen molar-refractivity contribution in [3.05, 3.63) is 40.6 Å². The number of fused-ring (bicyclic) bond motifs is 3. The highest BCUT2D eigenvalue weighted by Crippen LogP contribution is 2.27. The van der Waals surface area contributed by atoms with Gasteiger partial charge in [-0.3, -0.25) is 4.98 Å². The van der Waals surface area contributed by atoms with Crippen LogP contribution >= 0.6 is 15.9 Å². The molecular weight excluding hydrogens is 268 g/mol. The number of hydrogen-bond donors (Lipinski definition) is 2. The molecule has 0 saturated carbocycles. The SMILES string of the molecule is OCc1cc2c(cn1)[nH]c1ccc(Br)cc12. The molecule has 80 valence electrons. The molecule has 2 N–H and O–H groups in total. The van der Waals surface area contributed by atoms with Crippen LogP contribution in [0.2, 0.25) is 0 Å². The fourth-order valence-corrected chi connectivity index (χ4v) is 2.26. The van der Waals surface area contributed by atoms with Crippen molar-refractivity contribution in [2.75, 3.05) is 0 Å². The van der Waals surface area contributed by atoms with E-state index in [0.717, 1.165) is 26.3 Å². The zero-order chi connectivity index (χ0) is 11.1. The van der Waals surface area contributed by atoms with Crippen LogP contribution in [-0.2, 0) is 6.61 Å². The maximum atomic E-state index is 9.08. The first-order valence-electron chi connectivity index (χ1n) is 4.94. The molecule has 4 heteroatoms. The number of aromatic nitrogens is 2. The van der Waals surface area contributed by atoms with Crippen LogP contribution in [-0.4, -0.2) is 15.1 Å². The number of H-pyrrole nitrogens is 1. The lowest BCUT2D eigenvalue weighted by atomic mass is 10.2. The van der Waals surface area contributed by atoms with Crippen molar-refractivity contribution >= 4 is 37.7 Å². The first-order valence-corrected chi connectivity index (χ1v) is 5.74. The second-order valence-electron chi connectivity index (χ2n) is 3.69. The van der Waals surface area contributed by atoms with Gasteiger partial charge in [0.1, 0.15) is 0 Å². The highest BCUT2D eigenvalue weighted by Gasteiger charge is 2.05. The molecule has 3 aromatic rings. The fraction of sp³-hybridized carbons (Fsp3) is 0.0833. The molecule has 0 saturated heterocycles. The molecule has 0 aliphatic rings. The number of pyridine rings is 1. The van der Waals surface area contributed by atoms with E-state index >= 15 is 0 Å². The Morgan fingerprint density at radius 3 is 2.81 bits per heavy atom. The molecule has 0 spiro atoms. The van der Waals surface area contributed by atoms with Crippen molar-refractivity contribution in [2.24, 2.45) is 0 Å². The molecule has 2 heterocycles. The second-order valence-corrected chi connectivity index (χ2v) is 4.61. The Morgan fingerprint density at radius 1 is 1.19 bits per heavy atom. The standard InChI is InChI=1S/C12H9BrN2O/c13-7-1-2-11-9(3-7)10-4-8(6-16)14-5-12(10)15-11/h1-5,15-16H,6H2. The molecule has 3 nitrogen and oxygen atoms in total. The van der Waals surface area contributed by atoms with Crippen LogP contribution in [0.3, 0.4) is 0 Å². The largest absolute Gasteiger partial charge is 0.390 e. The number of halogens is 1. The van der Waals surface area contributed by atoms with E-state index < -0.39 is 0 Å². The molecule has 0 unspecified atom stereocenters. The van der Waals surface area contributed by atoms with Crippen molar-refractivity contribution in [3.63, 3.8) is 0 Å². The van der Waals surface area contributed by atoms with Gasteiger partial charge in [-0.05, 0) is 24.3 Å². The van der Waals surface area contributed by atoms with Gasteiger partial charge in [0, 0.05) is 20.8 Å². The molecule has 0 fully saturated rings. The van der Waals surface area contributed by atoms with Crippen LogP contribution in [0.5, 0.6) is 0 Å². The predicted octanol–water partition coefficient (Wildman–Crippen LogP) is 2.97. The van der Waals surface area contributed by atoms with Gasteiger partial charge in [-0.2, -0.15) is 0 Å². The van der Waals surface area contributed by atoms with Crippen LogP contribution in [0.15, 0.2) is 34.9 Å². The van der Waals surface area contributed by atoms with E-state index in [2.05, 4.69) is 32.0 Å². The zero-order valence-electron chi connectivity index (χ0n) is 8.37. The fourth-order valence-electron chi connectivity index (χ4n) is 1.90. The van der Waals surface area contributed by atoms with Gasteiger partial charge in [0.25, 0.3) is 0 Å². The minimum absolute atomic E-state index is 0.0311. The molecular formula is C12H9BrN2O. The van der Waals surface area contributed by atoms with E-state index in [1.165, 1.54) is 0 Å². The van der Waals surface area contributed by atoms with Crippen molar-refractivity contribution < 1.29 is 5.11 Å². The van der Waals surface area contributed by atoms with Crippen LogP contribution in [0.1, 0.15) is 5.69 Å². The average Bonchev–Trinajstić information content (AvgIpc) is 2.66. The van der Waals surface area contributed by atoms with Gasteiger partial charge in [0.15, 0.2) is 0 Å². The summed E-state index contributed by atoms with van der Waals surface area (Å²) in [7, 11) is 0. The summed E-state index contributed by atoms with van der Waals surface area (Å²) in [5.74, 6) is 0. The highest BCUT2D eigenvalue weighted by atomic mass is 79.9. The van der Waals surface area contributed by atoms with Gasteiger partial charge < -0.3 is 10.1 Å². The summed E-state index contributed by atoms with van der Waals surface area (Å²) < 4.78 is 1.04. The Morgan fingerprint density at radius 2 is 2.00 bits per heavy atom. The molecule has 3 rings (SSSR count). The third kappa shape index (κ3) is 1.42. The van der Waals surface area contributed by atoms with Gasteiger partial charge in [0.05, 0.1) is 24.0 Å². The minimum Gasteiger partial charge on any atom is -0.390 e. The van der Waals surface area contributed by atoms with Crippen molar-refractivity contribution in [2.45, 2.75) is 6.61 Å². The van der Waals surface area contributed by atoms with E-state index in [-0.39, 0.29) is 6.61 Å². The Kier molecular flexibility index (Phi) is 2.19. The number of hydrogen-bond acceptors (Lipinski definition) is 2. The summed E-state index contributed by atoms with van der Waals surface area (Å²) >= 11 is 3.46. The lowest BCUT2D eigenvalue weighted by molar-refractivity contribution is 0.277. The van der Waals surface area contributed by atoms with E-state index in [0.29, 0.717) is 5.69 Å². The maximum Gasteiger partial charge on any atom is 0.0853 e. The lowest BCUT2D eigenvalue weighted by Crippen LogP contribution is -1.86. The summed E-state index contributed by atoms with van der Waals surface area (Å²) in [4.78, 5) is 7.44. The second kappa shape index (κ2) is 3.57. The lowest BCUT2D eigenvalue weighted by Gasteiger charge is -1.95. The summed E-state index contributed by atoms with van der Waals surface area (Å²) in [6.45, 7) is -0.0311. The average molecular weight is 277 g/mol. The topological polar surface area (TPSA) is 48.9 Å². The first-order chi connectivity index (χ1) is 7.78. The zero-order valence-corrected chi connectivity index (χ0v) is 9.95. The van der Waals surface area contributed by atoms with Gasteiger partial charge in [-0.25, -0.2) is 0 Å². The highest BCUT2D eigenvalue weighted by molar-refractivity contribution is 9.10. The summed E-state index contributed by atoms with van der Waals surface area (Å²) in [5, 5.41) is 11.3. The molecule has 0 aliphatic carbocycles. The number of nitrogens with one attached hydrogen (secondary N) is 1. The van der Waals surface area contributed by atoms with E-state index in [1.807, 2.05) is 18.2 Å². The van der Waals surface area contributed by atoms with Crippen LogP contribution < -0.4 is 0 Å². The van der Waals surface area contributed by atoms with Crippen molar-refractivity contribution in [1.29, 1.82) is 0 Å². The first kappa shape index (κ1) is 9.81. The van der Waals surface area contributed by atoms with Crippen LogP contribution in [0, 0.1) is 0 Å². The molecule has 0 radical (unpaired) electrons. The Balaban J connectivity index is 2.44. The predicted molar refractivity (Wildman–Crippen MR) is 67.2 cm³/mol. The quantitative estimate of drug-likeness (QED) is 0.718. The van der Waals surface area contributed by atoms with Gasteiger partial charge in [-0.15, -0.1) is 0 Å². The van der Waals surface area contributed by atoms with Gasteiger partial charge in [0.2, 0.25) is 0 Å². The van der Waals surface area contributed by atoms with Gasteiger partial charge in [-0.1, -0.05) is 15.9 Å². The Bertz CT molecular complexity index is 675. The number of aliphatic hydroxyl groups excluding tert-OH is 1.